The number of rotatable bonds is 3. The Morgan fingerprint density at radius 1 is 1.03 bits per heavy atom. The Hall–Kier alpha value is -0.650. The summed E-state index contributed by atoms with van der Waals surface area (Å²) in [5.41, 5.74) is 0.455. The highest BCUT2D eigenvalue weighted by Gasteiger charge is 2.65. The molecule has 168 valence electrons. The molecule has 3 saturated heterocycles. The molecule has 6 rings (SSSR count). The minimum atomic E-state index is 0.0820. The highest BCUT2D eigenvalue weighted by Crippen LogP contribution is 2.62. The van der Waals surface area contributed by atoms with E-state index in [1.807, 2.05) is 0 Å². The quantitative estimate of drug-likeness (QED) is 0.521. The van der Waals surface area contributed by atoms with Crippen LogP contribution >= 0.6 is 0 Å². The van der Waals surface area contributed by atoms with Gasteiger partial charge in [0.05, 0.1) is 18.1 Å². The Labute approximate surface area is 181 Å². The monoisotopic (exact) mass is 416 g/mol. The second kappa shape index (κ2) is 7.45. The van der Waals surface area contributed by atoms with Crippen molar-refractivity contribution in [2.75, 3.05) is 39.3 Å². The smallest absolute Gasteiger partial charge is 0.310 e. The third-order valence-electron chi connectivity index (χ3n) is 10.0. The SMILES string of the molecule is C[C@]12CCC[C@]3(CO3)[C@H]1C[C@@H]1[C@H](CN3CCN(C4CCCCC4)CC3)C(=O)O[C@@H]1C2. The topological polar surface area (TPSA) is 45.3 Å². The molecule has 3 aliphatic heterocycles. The number of hydrogen-bond acceptors (Lipinski definition) is 5. The molecule has 5 nitrogen and oxygen atoms in total. The third kappa shape index (κ3) is 3.34. The molecule has 6 aliphatic rings. The van der Waals surface area contributed by atoms with Gasteiger partial charge in [0.1, 0.15) is 6.10 Å². The first-order valence-electron chi connectivity index (χ1n) is 12.9. The first-order chi connectivity index (χ1) is 14.6. The summed E-state index contributed by atoms with van der Waals surface area (Å²) in [7, 11) is 0. The number of hydrogen-bond donors (Lipinski definition) is 0. The highest BCUT2D eigenvalue weighted by molar-refractivity contribution is 5.75. The van der Waals surface area contributed by atoms with Crippen LogP contribution in [0, 0.1) is 23.2 Å². The number of fused-ring (bicyclic) bond motifs is 3. The van der Waals surface area contributed by atoms with E-state index in [1.54, 1.807) is 0 Å². The van der Waals surface area contributed by atoms with Crippen molar-refractivity contribution in [2.45, 2.75) is 88.9 Å². The van der Waals surface area contributed by atoms with E-state index < -0.39 is 0 Å². The van der Waals surface area contributed by atoms with Crippen LogP contribution in [0.15, 0.2) is 0 Å². The molecular weight excluding hydrogens is 376 g/mol. The number of carbonyl (C=O) groups excluding carboxylic acids is 1. The number of epoxide rings is 1. The van der Waals surface area contributed by atoms with E-state index in [4.69, 9.17) is 9.47 Å². The molecule has 3 saturated carbocycles. The lowest BCUT2D eigenvalue weighted by Crippen LogP contribution is -2.53. The molecule has 0 radical (unpaired) electrons. The van der Waals surface area contributed by atoms with Gasteiger partial charge in [0.25, 0.3) is 0 Å². The summed E-state index contributed by atoms with van der Waals surface area (Å²) in [6, 6.07) is 0.818. The van der Waals surface area contributed by atoms with E-state index in [0.717, 1.165) is 45.1 Å². The molecule has 6 atom stereocenters. The van der Waals surface area contributed by atoms with Crippen molar-refractivity contribution in [3.8, 4) is 0 Å². The van der Waals surface area contributed by atoms with Gasteiger partial charge in [0, 0.05) is 44.7 Å². The molecule has 0 bridgehead atoms. The van der Waals surface area contributed by atoms with Crippen molar-refractivity contribution < 1.29 is 14.3 Å². The van der Waals surface area contributed by atoms with Gasteiger partial charge in [-0.2, -0.15) is 0 Å². The van der Waals surface area contributed by atoms with Gasteiger partial charge in [-0.15, -0.1) is 0 Å². The lowest BCUT2D eigenvalue weighted by atomic mass is 9.53. The maximum Gasteiger partial charge on any atom is 0.310 e. The van der Waals surface area contributed by atoms with Gasteiger partial charge in [0.15, 0.2) is 0 Å². The third-order valence-corrected chi connectivity index (χ3v) is 10.0. The Morgan fingerprint density at radius 2 is 1.80 bits per heavy atom. The second-order valence-electron chi connectivity index (χ2n) is 11.7. The van der Waals surface area contributed by atoms with Crippen molar-refractivity contribution in [3.05, 3.63) is 0 Å². The summed E-state index contributed by atoms with van der Waals surface area (Å²) < 4.78 is 12.1. The van der Waals surface area contributed by atoms with Crippen LogP contribution in [0.25, 0.3) is 0 Å². The van der Waals surface area contributed by atoms with Gasteiger partial charge in [0.2, 0.25) is 0 Å². The Morgan fingerprint density at radius 3 is 2.53 bits per heavy atom. The predicted octanol–water partition coefficient (Wildman–Crippen LogP) is 3.46. The van der Waals surface area contributed by atoms with Crippen LogP contribution in [-0.4, -0.2) is 72.8 Å². The highest BCUT2D eigenvalue weighted by atomic mass is 16.6. The first-order valence-corrected chi connectivity index (χ1v) is 12.9. The van der Waals surface area contributed by atoms with Crippen LogP contribution in [0.5, 0.6) is 0 Å². The minimum absolute atomic E-state index is 0.0820. The van der Waals surface area contributed by atoms with Crippen molar-refractivity contribution in [1.29, 1.82) is 0 Å². The van der Waals surface area contributed by atoms with E-state index in [2.05, 4.69) is 16.7 Å². The number of ether oxygens (including phenoxy) is 2. The molecule has 30 heavy (non-hydrogen) atoms. The average Bonchev–Trinajstić information content (AvgIpc) is 3.46. The van der Waals surface area contributed by atoms with Crippen molar-refractivity contribution in [3.63, 3.8) is 0 Å². The summed E-state index contributed by atoms with van der Waals surface area (Å²) in [5.74, 6) is 1.21. The van der Waals surface area contributed by atoms with Crippen molar-refractivity contribution in [1.82, 2.24) is 9.80 Å². The standard InChI is InChI=1S/C25H40N2O3/c1-24-8-5-9-25(17-29-25)22(24)14-19-20(23(28)30-21(19)15-24)16-26-10-12-27(13-11-26)18-6-3-2-4-7-18/h18-22H,2-17H2,1H3/t19-,20+,21-,22+,24-,25+/m1/s1. The van der Waals surface area contributed by atoms with Gasteiger partial charge in [-0.05, 0) is 56.3 Å². The lowest BCUT2D eigenvalue weighted by Gasteiger charge is -2.51. The van der Waals surface area contributed by atoms with Gasteiger partial charge < -0.3 is 9.47 Å². The Balaban J connectivity index is 1.10. The van der Waals surface area contributed by atoms with E-state index in [1.165, 1.54) is 64.5 Å². The van der Waals surface area contributed by atoms with Gasteiger partial charge in [-0.1, -0.05) is 26.2 Å². The molecule has 0 amide bonds. The molecule has 5 heteroatoms. The molecule has 6 fully saturated rings. The zero-order valence-corrected chi connectivity index (χ0v) is 18.8. The largest absolute Gasteiger partial charge is 0.462 e. The van der Waals surface area contributed by atoms with Crippen LogP contribution in [0.4, 0.5) is 0 Å². The Bertz CT molecular complexity index is 665. The van der Waals surface area contributed by atoms with E-state index in [9.17, 15) is 4.79 Å². The van der Waals surface area contributed by atoms with Crippen molar-refractivity contribution in [2.24, 2.45) is 23.2 Å². The van der Waals surface area contributed by atoms with Gasteiger partial charge in [-0.25, -0.2) is 0 Å². The minimum Gasteiger partial charge on any atom is -0.462 e. The zero-order valence-electron chi connectivity index (χ0n) is 18.8. The Kier molecular flexibility index (Phi) is 4.97. The van der Waals surface area contributed by atoms with Gasteiger partial charge in [-0.3, -0.25) is 14.6 Å². The maximum absolute atomic E-state index is 12.9. The van der Waals surface area contributed by atoms with Gasteiger partial charge >= 0.3 is 5.97 Å². The van der Waals surface area contributed by atoms with Crippen LogP contribution in [0.1, 0.15) is 71.1 Å². The second-order valence-corrected chi connectivity index (χ2v) is 11.7. The van der Waals surface area contributed by atoms with Crippen molar-refractivity contribution >= 4 is 5.97 Å². The molecule has 0 aromatic heterocycles. The lowest BCUT2D eigenvalue weighted by molar-refractivity contribution is -0.147. The molecular formula is C25H40N2O3. The fraction of sp³-hybridized carbons (Fsp3) is 0.960. The summed E-state index contributed by atoms with van der Waals surface area (Å²) in [6.07, 6.45) is 13.2. The summed E-state index contributed by atoms with van der Waals surface area (Å²) >= 11 is 0. The summed E-state index contributed by atoms with van der Waals surface area (Å²) in [4.78, 5) is 18.2. The summed E-state index contributed by atoms with van der Waals surface area (Å²) in [6.45, 7) is 8.90. The fourth-order valence-corrected chi connectivity index (χ4v) is 8.20. The summed E-state index contributed by atoms with van der Waals surface area (Å²) in [5, 5.41) is 0. The molecule has 3 aliphatic carbocycles. The zero-order chi connectivity index (χ0) is 20.3. The van der Waals surface area contributed by atoms with E-state index >= 15 is 0 Å². The molecule has 1 spiro atoms. The molecule has 0 unspecified atom stereocenters. The van der Waals surface area contributed by atoms with E-state index in [0.29, 0.717) is 17.3 Å². The number of piperazine rings is 1. The molecule has 0 aromatic rings. The molecule has 0 aromatic carbocycles. The van der Waals surface area contributed by atoms with E-state index in [-0.39, 0.29) is 23.6 Å². The maximum atomic E-state index is 12.9. The molecule has 3 heterocycles. The van der Waals surface area contributed by atoms with Crippen LogP contribution in [0.3, 0.4) is 0 Å². The number of esters is 1. The average molecular weight is 417 g/mol. The van der Waals surface area contributed by atoms with Crippen LogP contribution < -0.4 is 0 Å². The fourth-order valence-electron chi connectivity index (χ4n) is 8.20. The molecule has 0 N–H and O–H groups in total. The number of nitrogens with zero attached hydrogens (tertiary/aromatic N) is 2. The van der Waals surface area contributed by atoms with Crippen LogP contribution in [0.2, 0.25) is 0 Å². The first kappa shape index (κ1) is 20.0. The number of carbonyl (C=O) groups is 1. The normalized spacial score (nSPS) is 47.7. The van der Waals surface area contributed by atoms with Crippen LogP contribution in [-0.2, 0) is 14.3 Å². The predicted molar refractivity (Wildman–Crippen MR) is 115 cm³/mol.